The number of nitrogens with zero attached hydrogens (tertiary/aromatic N) is 1. The molecule has 1 amide bonds. The molecule has 0 aromatic heterocycles. The summed E-state index contributed by atoms with van der Waals surface area (Å²) in [6.07, 6.45) is 9.62. The van der Waals surface area contributed by atoms with E-state index in [0.29, 0.717) is 6.42 Å². The van der Waals surface area contributed by atoms with Crippen molar-refractivity contribution < 1.29 is 14.7 Å². The smallest absolute Gasteiger partial charge is 0.320 e. The molecule has 1 unspecified atom stereocenters. The van der Waals surface area contributed by atoms with Gasteiger partial charge in [-0.25, -0.2) is 0 Å². The second-order valence-electron chi connectivity index (χ2n) is 6.08. The molecule has 2 aliphatic rings. The van der Waals surface area contributed by atoms with Crippen LogP contribution in [0.1, 0.15) is 57.8 Å². The highest BCUT2D eigenvalue weighted by atomic mass is 16.4. The van der Waals surface area contributed by atoms with E-state index in [-0.39, 0.29) is 18.5 Å². The highest BCUT2D eigenvalue weighted by Gasteiger charge is 2.30. The number of carbonyl (C=O) groups is 2. The Morgan fingerprint density at radius 3 is 2.30 bits per heavy atom. The molecule has 0 spiro atoms. The van der Waals surface area contributed by atoms with Gasteiger partial charge in [0.25, 0.3) is 0 Å². The Morgan fingerprint density at radius 2 is 1.65 bits per heavy atom. The van der Waals surface area contributed by atoms with Crippen molar-refractivity contribution in [2.24, 2.45) is 0 Å². The minimum atomic E-state index is -0.799. The summed E-state index contributed by atoms with van der Waals surface area (Å²) in [5.74, 6) is -0.808. The van der Waals surface area contributed by atoms with Gasteiger partial charge in [-0.2, -0.15) is 0 Å². The lowest BCUT2D eigenvalue weighted by atomic mass is 10.0. The molecular weight excluding hydrogens is 256 g/mol. The van der Waals surface area contributed by atoms with Gasteiger partial charge < -0.3 is 10.4 Å². The number of carboxylic acids is 1. The van der Waals surface area contributed by atoms with Crippen LogP contribution in [0.15, 0.2) is 0 Å². The van der Waals surface area contributed by atoms with Crippen LogP contribution in [0.3, 0.4) is 0 Å². The molecule has 1 heterocycles. The maximum atomic E-state index is 12.1. The normalized spacial score (nSPS) is 25.9. The summed E-state index contributed by atoms with van der Waals surface area (Å²) >= 11 is 0. The number of amides is 1. The summed E-state index contributed by atoms with van der Waals surface area (Å²) in [7, 11) is 0. The molecule has 2 fully saturated rings. The number of aliphatic carboxylic acids is 1. The van der Waals surface area contributed by atoms with E-state index >= 15 is 0 Å². The molecule has 0 aromatic carbocycles. The van der Waals surface area contributed by atoms with Crippen LogP contribution in [0.2, 0.25) is 0 Å². The molecule has 114 valence electrons. The lowest BCUT2D eigenvalue weighted by Crippen LogP contribution is -2.50. The number of carbonyl (C=O) groups excluding carboxylic acids is 1. The zero-order chi connectivity index (χ0) is 14.4. The molecule has 1 aliphatic heterocycles. The van der Waals surface area contributed by atoms with Crippen molar-refractivity contribution in [3.8, 4) is 0 Å². The van der Waals surface area contributed by atoms with E-state index in [2.05, 4.69) is 5.32 Å². The second kappa shape index (κ2) is 7.62. The van der Waals surface area contributed by atoms with Gasteiger partial charge in [0.15, 0.2) is 0 Å². The zero-order valence-electron chi connectivity index (χ0n) is 12.1. The molecular formula is C15H26N2O3. The maximum Gasteiger partial charge on any atom is 0.320 e. The molecule has 1 saturated heterocycles. The third-order valence-corrected chi connectivity index (χ3v) is 4.47. The third-order valence-electron chi connectivity index (χ3n) is 4.47. The Bertz CT molecular complexity index is 338. The Labute approximate surface area is 120 Å². The number of hydrogen-bond acceptors (Lipinski definition) is 3. The van der Waals surface area contributed by atoms with Crippen LogP contribution < -0.4 is 5.32 Å². The van der Waals surface area contributed by atoms with Gasteiger partial charge >= 0.3 is 5.97 Å². The minimum absolute atomic E-state index is 0.00921. The molecule has 2 rings (SSSR count). The number of hydrogen-bond donors (Lipinski definition) is 2. The standard InChI is InChI=1S/C15H26N2O3/c18-14(16-12-7-3-1-2-4-8-12)11-17-10-6-5-9-13(17)15(19)20/h12-13H,1-11H2,(H,16,18)(H,19,20). The monoisotopic (exact) mass is 282 g/mol. The number of carboxylic acid groups (broad SMARTS) is 1. The first-order valence-electron chi connectivity index (χ1n) is 7.93. The van der Waals surface area contributed by atoms with Crippen molar-refractivity contribution in [1.29, 1.82) is 0 Å². The van der Waals surface area contributed by atoms with Gasteiger partial charge in [0, 0.05) is 6.04 Å². The molecule has 5 heteroatoms. The van der Waals surface area contributed by atoms with Crippen molar-refractivity contribution in [1.82, 2.24) is 10.2 Å². The van der Waals surface area contributed by atoms with Crippen LogP contribution in [-0.4, -0.2) is 47.1 Å². The van der Waals surface area contributed by atoms with Crippen LogP contribution in [0.4, 0.5) is 0 Å². The quantitative estimate of drug-likeness (QED) is 0.771. The van der Waals surface area contributed by atoms with Gasteiger partial charge in [-0.15, -0.1) is 0 Å². The SMILES string of the molecule is O=C(CN1CCCCC1C(=O)O)NC1CCCCCC1. The largest absolute Gasteiger partial charge is 0.480 e. The van der Waals surface area contributed by atoms with Crippen LogP contribution in [-0.2, 0) is 9.59 Å². The second-order valence-corrected chi connectivity index (χ2v) is 6.08. The topological polar surface area (TPSA) is 69.6 Å². The third kappa shape index (κ3) is 4.47. The lowest BCUT2D eigenvalue weighted by Gasteiger charge is -2.32. The minimum Gasteiger partial charge on any atom is -0.480 e. The van der Waals surface area contributed by atoms with Crippen LogP contribution in [0.5, 0.6) is 0 Å². The van der Waals surface area contributed by atoms with Crippen molar-refractivity contribution in [3.63, 3.8) is 0 Å². The van der Waals surface area contributed by atoms with Crippen LogP contribution in [0, 0.1) is 0 Å². The number of rotatable bonds is 4. The summed E-state index contributed by atoms with van der Waals surface area (Å²) in [6, 6.07) is -0.193. The summed E-state index contributed by atoms with van der Waals surface area (Å²) in [4.78, 5) is 25.1. The lowest BCUT2D eigenvalue weighted by molar-refractivity contribution is -0.145. The average molecular weight is 282 g/mol. The number of likely N-dealkylation sites (tertiary alicyclic amines) is 1. The van der Waals surface area contributed by atoms with Gasteiger partial charge in [0.1, 0.15) is 6.04 Å². The first-order chi connectivity index (χ1) is 9.66. The first-order valence-corrected chi connectivity index (χ1v) is 7.93. The molecule has 1 saturated carbocycles. The first kappa shape index (κ1) is 15.3. The van der Waals surface area contributed by atoms with E-state index in [1.165, 1.54) is 25.7 Å². The molecule has 0 radical (unpaired) electrons. The van der Waals surface area contributed by atoms with E-state index < -0.39 is 12.0 Å². The highest BCUT2D eigenvalue weighted by Crippen LogP contribution is 2.18. The zero-order valence-corrected chi connectivity index (χ0v) is 12.1. The Balaban J connectivity index is 1.81. The number of piperidine rings is 1. The van der Waals surface area contributed by atoms with Crippen LogP contribution in [0.25, 0.3) is 0 Å². The predicted molar refractivity (Wildman–Crippen MR) is 76.5 cm³/mol. The van der Waals surface area contributed by atoms with Crippen molar-refractivity contribution in [2.45, 2.75) is 69.9 Å². The van der Waals surface area contributed by atoms with Crippen molar-refractivity contribution in [2.75, 3.05) is 13.1 Å². The molecule has 0 bridgehead atoms. The van der Waals surface area contributed by atoms with Gasteiger partial charge in [-0.05, 0) is 32.2 Å². The Morgan fingerprint density at radius 1 is 1.00 bits per heavy atom. The fourth-order valence-corrected chi connectivity index (χ4v) is 3.34. The fourth-order valence-electron chi connectivity index (χ4n) is 3.34. The summed E-state index contributed by atoms with van der Waals surface area (Å²) in [5, 5.41) is 12.3. The van der Waals surface area contributed by atoms with Gasteiger partial charge in [-0.1, -0.05) is 32.1 Å². The van der Waals surface area contributed by atoms with E-state index in [9.17, 15) is 14.7 Å². The van der Waals surface area contributed by atoms with Gasteiger partial charge in [0.05, 0.1) is 6.54 Å². The van der Waals surface area contributed by atoms with Gasteiger partial charge in [0.2, 0.25) is 5.91 Å². The molecule has 20 heavy (non-hydrogen) atoms. The molecule has 1 atom stereocenters. The Hall–Kier alpha value is -1.10. The van der Waals surface area contributed by atoms with Crippen molar-refractivity contribution >= 4 is 11.9 Å². The van der Waals surface area contributed by atoms with Crippen molar-refractivity contribution in [3.05, 3.63) is 0 Å². The molecule has 5 nitrogen and oxygen atoms in total. The summed E-state index contributed by atoms with van der Waals surface area (Å²) in [5.41, 5.74) is 0. The summed E-state index contributed by atoms with van der Waals surface area (Å²) in [6.45, 7) is 0.947. The van der Waals surface area contributed by atoms with E-state index in [1.807, 2.05) is 4.90 Å². The average Bonchev–Trinajstić information content (AvgIpc) is 2.67. The van der Waals surface area contributed by atoms with Gasteiger partial charge in [-0.3, -0.25) is 14.5 Å². The molecule has 1 aliphatic carbocycles. The van der Waals surface area contributed by atoms with E-state index in [1.54, 1.807) is 0 Å². The molecule has 0 aromatic rings. The molecule has 2 N–H and O–H groups in total. The van der Waals surface area contributed by atoms with E-state index in [4.69, 9.17) is 0 Å². The number of nitrogens with one attached hydrogen (secondary N) is 1. The highest BCUT2D eigenvalue weighted by molar-refractivity contribution is 5.80. The van der Waals surface area contributed by atoms with Crippen LogP contribution >= 0.6 is 0 Å². The Kier molecular flexibility index (Phi) is 5.83. The predicted octanol–water partition coefficient (Wildman–Crippen LogP) is 1.76. The summed E-state index contributed by atoms with van der Waals surface area (Å²) < 4.78 is 0. The maximum absolute atomic E-state index is 12.1. The fraction of sp³-hybridized carbons (Fsp3) is 0.867. The van der Waals surface area contributed by atoms with E-state index in [0.717, 1.165) is 32.2 Å².